The highest BCUT2D eigenvalue weighted by Gasteiger charge is 2.19. The molecule has 0 fully saturated rings. The molecule has 5 heteroatoms. The Labute approximate surface area is 176 Å². The third kappa shape index (κ3) is 5.47. The van der Waals surface area contributed by atoms with Crippen molar-refractivity contribution in [2.75, 3.05) is 12.4 Å². The molecule has 0 aliphatic rings. The van der Waals surface area contributed by atoms with Gasteiger partial charge in [0.25, 0.3) is 5.91 Å². The molecule has 0 saturated heterocycles. The smallest absolute Gasteiger partial charge is 0.306 e. The van der Waals surface area contributed by atoms with Crippen molar-refractivity contribution in [2.24, 2.45) is 0 Å². The van der Waals surface area contributed by atoms with Crippen molar-refractivity contribution >= 4 is 17.6 Å². The van der Waals surface area contributed by atoms with Gasteiger partial charge in [0.2, 0.25) is 0 Å². The molecule has 1 amide bonds. The van der Waals surface area contributed by atoms with Crippen LogP contribution in [-0.2, 0) is 20.7 Å². The maximum Gasteiger partial charge on any atom is 0.306 e. The summed E-state index contributed by atoms with van der Waals surface area (Å²) in [4.78, 5) is 24.8. The number of para-hydroxylation sites is 2. The summed E-state index contributed by atoms with van der Waals surface area (Å²) in [6, 6.07) is 24.8. The fourth-order valence-electron chi connectivity index (χ4n) is 3.15. The first-order chi connectivity index (χ1) is 14.6. The molecule has 0 spiro atoms. The van der Waals surface area contributed by atoms with E-state index in [1.807, 2.05) is 78.9 Å². The Morgan fingerprint density at radius 1 is 0.900 bits per heavy atom. The lowest BCUT2D eigenvalue weighted by atomic mass is 10.0. The zero-order chi connectivity index (χ0) is 21.3. The van der Waals surface area contributed by atoms with Gasteiger partial charge < -0.3 is 14.8 Å². The van der Waals surface area contributed by atoms with E-state index in [0.29, 0.717) is 12.1 Å². The Morgan fingerprint density at radius 2 is 1.57 bits per heavy atom. The second-order valence-electron chi connectivity index (χ2n) is 6.84. The topological polar surface area (TPSA) is 64.6 Å². The van der Waals surface area contributed by atoms with Crippen molar-refractivity contribution in [3.05, 3.63) is 84.4 Å². The first-order valence-electron chi connectivity index (χ1n) is 9.85. The van der Waals surface area contributed by atoms with Gasteiger partial charge in [-0.05, 0) is 36.6 Å². The van der Waals surface area contributed by atoms with E-state index in [1.54, 1.807) is 14.0 Å². The highest BCUT2D eigenvalue weighted by atomic mass is 16.5. The highest BCUT2D eigenvalue weighted by molar-refractivity contribution is 5.98. The summed E-state index contributed by atoms with van der Waals surface area (Å²) in [6.07, 6.45) is -0.258. The minimum atomic E-state index is -0.904. The highest BCUT2D eigenvalue weighted by Crippen LogP contribution is 2.27. The summed E-state index contributed by atoms with van der Waals surface area (Å²) in [6.45, 7) is 1.57. The van der Waals surface area contributed by atoms with Gasteiger partial charge in [-0.3, -0.25) is 9.59 Å². The van der Waals surface area contributed by atoms with Crippen LogP contribution in [0.4, 0.5) is 5.69 Å². The summed E-state index contributed by atoms with van der Waals surface area (Å²) in [5, 5.41) is 2.87. The molecule has 1 atom stereocenters. The average molecular weight is 403 g/mol. The lowest BCUT2D eigenvalue weighted by Gasteiger charge is -2.16. The van der Waals surface area contributed by atoms with Crippen LogP contribution in [0.3, 0.4) is 0 Å². The number of carbonyl (C=O) groups is 2. The zero-order valence-electron chi connectivity index (χ0n) is 17.1. The molecule has 0 aliphatic carbocycles. The first-order valence-corrected chi connectivity index (χ1v) is 9.85. The van der Waals surface area contributed by atoms with Crippen molar-refractivity contribution < 1.29 is 19.1 Å². The van der Waals surface area contributed by atoms with Crippen LogP contribution in [0.5, 0.6) is 5.75 Å². The molecule has 0 aromatic heterocycles. The average Bonchev–Trinajstić information content (AvgIpc) is 2.78. The van der Waals surface area contributed by atoms with E-state index >= 15 is 0 Å². The van der Waals surface area contributed by atoms with Crippen molar-refractivity contribution in [1.29, 1.82) is 0 Å². The maximum atomic E-state index is 12.6. The lowest BCUT2D eigenvalue weighted by molar-refractivity contribution is -0.153. The predicted molar refractivity (Wildman–Crippen MR) is 117 cm³/mol. The van der Waals surface area contributed by atoms with Gasteiger partial charge in [0.1, 0.15) is 5.75 Å². The monoisotopic (exact) mass is 403 g/mol. The van der Waals surface area contributed by atoms with E-state index in [0.717, 1.165) is 22.4 Å². The number of aryl methyl sites for hydroxylation is 1. The van der Waals surface area contributed by atoms with Gasteiger partial charge in [0.05, 0.1) is 7.11 Å². The molecule has 154 valence electrons. The van der Waals surface area contributed by atoms with Gasteiger partial charge in [-0.2, -0.15) is 0 Å². The van der Waals surface area contributed by atoms with Crippen molar-refractivity contribution in [3.8, 4) is 16.9 Å². The minimum Gasteiger partial charge on any atom is -0.496 e. The molecule has 3 rings (SSSR count). The Hall–Kier alpha value is -3.60. The quantitative estimate of drug-likeness (QED) is 0.545. The molecule has 0 aliphatic heterocycles. The van der Waals surface area contributed by atoms with Gasteiger partial charge in [-0.15, -0.1) is 0 Å². The number of carbonyl (C=O) groups excluding carboxylic acids is 2. The van der Waals surface area contributed by atoms with Crippen LogP contribution in [0.1, 0.15) is 18.9 Å². The zero-order valence-corrected chi connectivity index (χ0v) is 17.1. The number of ether oxygens (including phenoxy) is 2. The third-order valence-electron chi connectivity index (χ3n) is 4.74. The number of hydrogen-bond donors (Lipinski definition) is 1. The summed E-state index contributed by atoms with van der Waals surface area (Å²) >= 11 is 0. The molecule has 30 heavy (non-hydrogen) atoms. The van der Waals surface area contributed by atoms with Gasteiger partial charge in [0, 0.05) is 17.7 Å². The van der Waals surface area contributed by atoms with Crippen LogP contribution < -0.4 is 10.1 Å². The molecular formula is C25H25NO4. The second-order valence-corrected chi connectivity index (χ2v) is 6.84. The standard InChI is InChI=1S/C25H25NO4/c1-18(30-24(27)17-16-20-12-6-9-15-23(20)29-2)25(28)26-22-14-8-7-13-21(22)19-10-4-3-5-11-19/h3-15,18H,16-17H2,1-2H3,(H,26,28)/t18-/m1/s1. The number of rotatable bonds is 8. The number of nitrogens with one attached hydrogen (secondary N) is 1. The molecule has 3 aromatic rings. The summed E-state index contributed by atoms with van der Waals surface area (Å²) in [5.74, 6) is -0.0717. The Kier molecular flexibility index (Phi) is 7.22. The molecular weight excluding hydrogens is 378 g/mol. The van der Waals surface area contributed by atoms with Gasteiger partial charge in [-0.1, -0.05) is 66.7 Å². The van der Waals surface area contributed by atoms with Crippen molar-refractivity contribution in [2.45, 2.75) is 25.9 Å². The number of hydrogen-bond acceptors (Lipinski definition) is 4. The largest absolute Gasteiger partial charge is 0.496 e. The molecule has 5 nitrogen and oxygen atoms in total. The number of anilines is 1. The fourth-order valence-corrected chi connectivity index (χ4v) is 3.15. The number of benzene rings is 3. The van der Waals surface area contributed by atoms with E-state index in [2.05, 4.69) is 5.32 Å². The van der Waals surface area contributed by atoms with Crippen LogP contribution in [0, 0.1) is 0 Å². The van der Waals surface area contributed by atoms with Crippen LogP contribution in [0.15, 0.2) is 78.9 Å². The van der Waals surface area contributed by atoms with Gasteiger partial charge >= 0.3 is 5.97 Å². The van der Waals surface area contributed by atoms with Crippen molar-refractivity contribution in [1.82, 2.24) is 0 Å². The van der Waals surface area contributed by atoms with Crippen LogP contribution in [-0.4, -0.2) is 25.1 Å². The lowest BCUT2D eigenvalue weighted by Crippen LogP contribution is -2.30. The minimum absolute atomic E-state index is 0.165. The molecule has 0 radical (unpaired) electrons. The maximum absolute atomic E-state index is 12.6. The summed E-state index contributed by atoms with van der Waals surface area (Å²) in [7, 11) is 1.59. The second kappa shape index (κ2) is 10.3. The van der Waals surface area contributed by atoms with E-state index in [-0.39, 0.29) is 12.3 Å². The number of esters is 1. The van der Waals surface area contributed by atoms with E-state index < -0.39 is 12.1 Å². The molecule has 0 bridgehead atoms. The summed E-state index contributed by atoms with van der Waals surface area (Å²) < 4.78 is 10.6. The Balaban J connectivity index is 1.58. The third-order valence-corrected chi connectivity index (χ3v) is 4.74. The molecule has 0 heterocycles. The Bertz CT molecular complexity index is 1000. The molecule has 3 aromatic carbocycles. The molecule has 0 unspecified atom stereocenters. The fraction of sp³-hybridized carbons (Fsp3) is 0.200. The summed E-state index contributed by atoms with van der Waals surface area (Å²) in [5.41, 5.74) is 3.49. The van der Waals surface area contributed by atoms with E-state index in [9.17, 15) is 9.59 Å². The van der Waals surface area contributed by atoms with Crippen LogP contribution in [0.2, 0.25) is 0 Å². The molecule has 1 N–H and O–H groups in total. The van der Waals surface area contributed by atoms with Gasteiger partial charge in [0.15, 0.2) is 6.10 Å². The number of methoxy groups -OCH3 is 1. The molecule has 0 saturated carbocycles. The van der Waals surface area contributed by atoms with E-state index in [4.69, 9.17) is 9.47 Å². The number of amides is 1. The first kappa shape index (κ1) is 21.1. The van der Waals surface area contributed by atoms with E-state index in [1.165, 1.54) is 0 Å². The van der Waals surface area contributed by atoms with Crippen molar-refractivity contribution in [3.63, 3.8) is 0 Å². The normalized spacial score (nSPS) is 11.4. The van der Waals surface area contributed by atoms with Gasteiger partial charge in [-0.25, -0.2) is 0 Å². The SMILES string of the molecule is COc1ccccc1CCC(=O)O[C@H](C)C(=O)Nc1ccccc1-c1ccccc1. The Morgan fingerprint density at radius 3 is 2.33 bits per heavy atom. The van der Waals surface area contributed by atoms with Crippen LogP contribution >= 0.6 is 0 Å². The van der Waals surface area contributed by atoms with Crippen LogP contribution in [0.25, 0.3) is 11.1 Å². The predicted octanol–water partition coefficient (Wildman–Crippen LogP) is 4.87.